The highest BCUT2D eigenvalue weighted by molar-refractivity contribution is 5.96. The Morgan fingerprint density at radius 1 is 1.20 bits per heavy atom. The first-order valence-corrected chi connectivity index (χ1v) is 7.67. The number of benzene rings is 2. The Kier molecular flexibility index (Phi) is 6.65. The van der Waals surface area contributed by atoms with Gasteiger partial charge in [-0.3, -0.25) is 9.59 Å². The monoisotopic (exact) mass is 343 g/mol. The molecule has 2 aromatic carbocycles. The summed E-state index contributed by atoms with van der Waals surface area (Å²) in [6, 6.07) is 12.4. The van der Waals surface area contributed by atoms with E-state index in [1.165, 1.54) is 24.4 Å². The van der Waals surface area contributed by atoms with Crippen LogP contribution < -0.4 is 15.5 Å². The quantitative estimate of drug-likeness (QED) is 0.597. The number of hydrazone groups is 1. The second-order valence-electron chi connectivity index (χ2n) is 4.99. The Balaban J connectivity index is 1.77. The summed E-state index contributed by atoms with van der Waals surface area (Å²) in [6.07, 6.45) is 1.47. The molecule has 0 radical (unpaired) electrons. The second kappa shape index (κ2) is 9.17. The van der Waals surface area contributed by atoms with Gasteiger partial charge in [-0.15, -0.1) is 0 Å². The van der Waals surface area contributed by atoms with E-state index in [9.17, 15) is 14.0 Å². The highest BCUT2D eigenvalue weighted by Crippen LogP contribution is 2.10. The molecule has 0 aliphatic rings. The molecule has 0 bridgehead atoms. The lowest BCUT2D eigenvalue weighted by molar-refractivity contribution is -0.120. The Labute approximate surface area is 144 Å². The first kappa shape index (κ1) is 18.1. The summed E-state index contributed by atoms with van der Waals surface area (Å²) in [4.78, 5) is 23.4. The summed E-state index contributed by atoms with van der Waals surface area (Å²) >= 11 is 0. The van der Waals surface area contributed by atoms with Crippen molar-refractivity contribution >= 4 is 18.0 Å². The van der Waals surface area contributed by atoms with Gasteiger partial charge in [0.05, 0.1) is 19.4 Å². The predicted molar refractivity (Wildman–Crippen MR) is 92.1 cm³/mol. The van der Waals surface area contributed by atoms with Crippen LogP contribution in [0.15, 0.2) is 53.6 Å². The zero-order chi connectivity index (χ0) is 18.1. The van der Waals surface area contributed by atoms with E-state index in [1.54, 1.807) is 24.3 Å². The van der Waals surface area contributed by atoms with E-state index in [2.05, 4.69) is 15.8 Å². The maximum atomic E-state index is 13.0. The minimum Gasteiger partial charge on any atom is -0.494 e. The van der Waals surface area contributed by atoms with Crippen molar-refractivity contribution in [2.75, 3.05) is 13.2 Å². The molecule has 2 amide bonds. The van der Waals surface area contributed by atoms with E-state index in [0.717, 1.165) is 17.4 Å². The van der Waals surface area contributed by atoms with Crippen LogP contribution in [0, 0.1) is 5.82 Å². The minimum atomic E-state index is -0.537. The van der Waals surface area contributed by atoms with Crippen molar-refractivity contribution in [2.24, 2.45) is 5.10 Å². The van der Waals surface area contributed by atoms with Crippen LogP contribution in [0.5, 0.6) is 5.75 Å². The number of carbonyl (C=O) groups is 2. The standard InChI is InChI=1S/C18H18FN3O3/c1-2-25-16-8-6-13(7-9-16)11-21-22-17(23)12-20-18(24)14-4-3-5-15(19)10-14/h3-11H,2,12H2,1H3,(H,20,24)(H,22,23)/b21-11+. The van der Waals surface area contributed by atoms with Crippen LogP contribution in [0.4, 0.5) is 4.39 Å². The van der Waals surface area contributed by atoms with Gasteiger partial charge in [0.15, 0.2) is 0 Å². The fourth-order valence-corrected chi connectivity index (χ4v) is 1.93. The molecule has 0 unspecified atom stereocenters. The molecule has 0 spiro atoms. The lowest BCUT2D eigenvalue weighted by Gasteiger charge is -2.04. The van der Waals surface area contributed by atoms with Gasteiger partial charge in [0.1, 0.15) is 11.6 Å². The zero-order valence-corrected chi connectivity index (χ0v) is 13.7. The highest BCUT2D eigenvalue weighted by Gasteiger charge is 2.08. The topological polar surface area (TPSA) is 79.8 Å². The third-order valence-corrected chi connectivity index (χ3v) is 3.09. The summed E-state index contributed by atoms with van der Waals surface area (Å²) in [5.41, 5.74) is 3.23. The van der Waals surface area contributed by atoms with Crippen LogP contribution in [-0.2, 0) is 4.79 Å². The third-order valence-electron chi connectivity index (χ3n) is 3.09. The second-order valence-corrected chi connectivity index (χ2v) is 4.99. The number of nitrogens with zero attached hydrogens (tertiary/aromatic N) is 1. The van der Waals surface area contributed by atoms with E-state index >= 15 is 0 Å². The minimum absolute atomic E-state index is 0.144. The third kappa shape index (κ3) is 6.06. The van der Waals surface area contributed by atoms with Gasteiger partial charge >= 0.3 is 0 Å². The van der Waals surface area contributed by atoms with Crippen LogP contribution in [0.3, 0.4) is 0 Å². The van der Waals surface area contributed by atoms with Crippen LogP contribution >= 0.6 is 0 Å². The molecule has 0 atom stereocenters. The Hall–Kier alpha value is -3.22. The smallest absolute Gasteiger partial charge is 0.259 e. The van der Waals surface area contributed by atoms with Crippen molar-refractivity contribution in [3.63, 3.8) is 0 Å². The molecule has 7 heteroatoms. The average Bonchev–Trinajstić information content (AvgIpc) is 2.61. The van der Waals surface area contributed by atoms with Gasteiger partial charge in [-0.2, -0.15) is 5.10 Å². The van der Waals surface area contributed by atoms with Gasteiger partial charge in [-0.05, 0) is 55.0 Å². The van der Waals surface area contributed by atoms with E-state index in [4.69, 9.17) is 4.74 Å². The van der Waals surface area contributed by atoms with Gasteiger partial charge in [0.2, 0.25) is 0 Å². The number of nitrogens with one attached hydrogen (secondary N) is 2. The maximum Gasteiger partial charge on any atom is 0.259 e. The van der Waals surface area contributed by atoms with Gasteiger partial charge in [-0.25, -0.2) is 9.82 Å². The number of hydrogen-bond donors (Lipinski definition) is 2. The molecule has 0 aromatic heterocycles. The van der Waals surface area contributed by atoms with E-state index in [0.29, 0.717) is 6.61 Å². The van der Waals surface area contributed by atoms with Crippen LogP contribution in [-0.4, -0.2) is 31.2 Å². The average molecular weight is 343 g/mol. The number of ether oxygens (including phenoxy) is 1. The molecule has 25 heavy (non-hydrogen) atoms. The molecule has 0 saturated heterocycles. The van der Waals surface area contributed by atoms with Crippen molar-refractivity contribution < 1.29 is 18.7 Å². The van der Waals surface area contributed by atoms with Crippen molar-refractivity contribution in [1.29, 1.82) is 0 Å². The fourth-order valence-electron chi connectivity index (χ4n) is 1.93. The van der Waals surface area contributed by atoms with Crippen LogP contribution in [0.1, 0.15) is 22.8 Å². The van der Waals surface area contributed by atoms with Gasteiger partial charge in [-0.1, -0.05) is 6.07 Å². The molecule has 0 saturated carbocycles. The molecule has 2 aromatic rings. The largest absolute Gasteiger partial charge is 0.494 e. The number of rotatable bonds is 7. The number of hydrogen-bond acceptors (Lipinski definition) is 4. The number of carbonyl (C=O) groups excluding carboxylic acids is 2. The summed E-state index contributed by atoms with van der Waals surface area (Å²) in [7, 11) is 0. The van der Waals surface area contributed by atoms with E-state index in [-0.39, 0.29) is 12.1 Å². The maximum absolute atomic E-state index is 13.0. The number of halogens is 1. The lowest BCUT2D eigenvalue weighted by Crippen LogP contribution is -2.34. The first-order chi connectivity index (χ1) is 12.1. The summed E-state index contributed by atoms with van der Waals surface area (Å²) in [6.45, 7) is 2.22. The number of amides is 2. The predicted octanol–water partition coefficient (Wildman–Crippen LogP) is 2.10. The van der Waals surface area contributed by atoms with Gasteiger partial charge in [0.25, 0.3) is 11.8 Å². The Bertz CT molecular complexity index is 760. The normalized spacial score (nSPS) is 10.5. The van der Waals surface area contributed by atoms with E-state index < -0.39 is 17.6 Å². The molecular weight excluding hydrogens is 325 g/mol. The van der Waals surface area contributed by atoms with Crippen molar-refractivity contribution in [3.8, 4) is 5.75 Å². The fraction of sp³-hybridized carbons (Fsp3) is 0.167. The molecule has 6 nitrogen and oxygen atoms in total. The molecule has 2 N–H and O–H groups in total. The molecule has 0 aliphatic carbocycles. The van der Waals surface area contributed by atoms with Gasteiger partial charge < -0.3 is 10.1 Å². The van der Waals surface area contributed by atoms with Crippen molar-refractivity contribution in [2.45, 2.75) is 6.92 Å². The molecule has 0 fully saturated rings. The molecule has 0 heterocycles. The van der Waals surface area contributed by atoms with E-state index in [1.807, 2.05) is 6.92 Å². The highest BCUT2D eigenvalue weighted by atomic mass is 19.1. The Morgan fingerprint density at radius 3 is 2.64 bits per heavy atom. The molecule has 2 rings (SSSR count). The van der Waals surface area contributed by atoms with Gasteiger partial charge in [0, 0.05) is 5.56 Å². The first-order valence-electron chi connectivity index (χ1n) is 7.67. The van der Waals surface area contributed by atoms with Crippen molar-refractivity contribution in [1.82, 2.24) is 10.7 Å². The van der Waals surface area contributed by atoms with Crippen LogP contribution in [0.2, 0.25) is 0 Å². The van der Waals surface area contributed by atoms with Crippen molar-refractivity contribution in [3.05, 3.63) is 65.5 Å². The SMILES string of the molecule is CCOc1ccc(/C=N/NC(=O)CNC(=O)c2cccc(F)c2)cc1. The summed E-state index contributed by atoms with van der Waals surface area (Å²) in [5.74, 6) is -0.794. The van der Waals surface area contributed by atoms with Crippen LogP contribution in [0.25, 0.3) is 0 Å². The molecular formula is C18H18FN3O3. The molecule has 0 aliphatic heterocycles. The Morgan fingerprint density at radius 2 is 1.96 bits per heavy atom. The summed E-state index contributed by atoms with van der Waals surface area (Å²) < 4.78 is 18.4. The molecule has 130 valence electrons. The lowest BCUT2D eigenvalue weighted by atomic mass is 10.2. The summed E-state index contributed by atoms with van der Waals surface area (Å²) in [5, 5.41) is 6.19. The zero-order valence-electron chi connectivity index (χ0n) is 13.7.